The standard InChI is InChI=1S/C16H16ClFN2/c17-16-12(4-1-5-14(16)18)10-20-8-7-13-11(9-20)3-2-6-15(13)19/h1-6H,7-10,19H2. The Bertz CT molecular complexity index is 642. The van der Waals surface area contributed by atoms with Crippen LogP contribution in [0.25, 0.3) is 0 Å². The van der Waals surface area contributed by atoms with Crippen LogP contribution in [0.3, 0.4) is 0 Å². The van der Waals surface area contributed by atoms with E-state index >= 15 is 0 Å². The summed E-state index contributed by atoms with van der Waals surface area (Å²) in [4.78, 5) is 2.27. The third-order valence-electron chi connectivity index (χ3n) is 3.81. The lowest BCUT2D eigenvalue weighted by atomic mass is 9.97. The highest BCUT2D eigenvalue weighted by Crippen LogP contribution is 2.27. The van der Waals surface area contributed by atoms with Crippen LogP contribution in [0.1, 0.15) is 16.7 Å². The number of halogens is 2. The molecule has 20 heavy (non-hydrogen) atoms. The summed E-state index contributed by atoms with van der Waals surface area (Å²) in [6, 6.07) is 11.0. The average Bonchev–Trinajstić information content (AvgIpc) is 2.44. The lowest BCUT2D eigenvalue weighted by Crippen LogP contribution is -2.30. The summed E-state index contributed by atoms with van der Waals surface area (Å²) in [7, 11) is 0. The fourth-order valence-corrected chi connectivity index (χ4v) is 2.93. The van der Waals surface area contributed by atoms with Gasteiger partial charge in [-0.3, -0.25) is 4.90 Å². The molecular weight excluding hydrogens is 275 g/mol. The molecule has 0 aliphatic carbocycles. The van der Waals surface area contributed by atoms with Crippen LogP contribution in [0.2, 0.25) is 5.02 Å². The summed E-state index contributed by atoms with van der Waals surface area (Å²) in [6.07, 6.45) is 0.926. The molecule has 104 valence electrons. The predicted octanol–water partition coefficient (Wildman–Crippen LogP) is 3.62. The van der Waals surface area contributed by atoms with Gasteiger partial charge >= 0.3 is 0 Å². The van der Waals surface area contributed by atoms with E-state index in [-0.39, 0.29) is 10.8 Å². The molecule has 2 aromatic rings. The van der Waals surface area contributed by atoms with E-state index in [1.54, 1.807) is 6.07 Å². The molecule has 0 aromatic heterocycles. The van der Waals surface area contributed by atoms with Crippen molar-refractivity contribution < 1.29 is 4.39 Å². The van der Waals surface area contributed by atoms with Gasteiger partial charge in [-0.1, -0.05) is 35.9 Å². The number of benzene rings is 2. The second kappa shape index (κ2) is 5.43. The molecule has 0 atom stereocenters. The molecule has 1 aliphatic rings. The molecule has 0 amide bonds. The number of rotatable bonds is 2. The van der Waals surface area contributed by atoms with Crippen LogP contribution in [0.4, 0.5) is 10.1 Å². The van der Waals surface area contributed by atoms with Crippen molar-refractivity contribution in [3.05, 3.63) is 63.9 Å². The van der Waals surface area contributed by atoms with Gasteiger partial charge in [0.25, 0.3) is 0 Å². The number of anilines is 1. The topological polar surface area (TPSA) is 29.3 Å². The molecule has 0 spiro atoms. The molecule has 0 unspecified atom stereocenters. The second-order valence-corrected chi connectivity index (χ2v) is 5.54. The first-order valence-electron chi connectivity index (χ1n) is 6.66. The van der Waals surface area contributed by atoms with E-state index in [2.05, 4.69) is 11.0 Å². The van der Waals surface area contributed by atoms with E-state index in [9.17, 15) is 4.39 Å². The van der Waals surface area contributed by atoms with Crippen LogP contribution >= 0.6 is 11.6 Å². The van der Waals surface area contributed by atoms with Crippen molar-refractivity contribution >= 4 is 17.3 Å². The van der Waals surface area contributed by atoms with Crippen LogP contribution in [-0.4, -0.2) is 11.4 Å². The van der Waals surface area contributed by atoms with Crippen LogP contribution in [0.5, 0.6) is 0 Å². The maximum absolute atomic E-state index is 13.5. The highest BCUT2D eigenvalue weighted by atomic mass is 35.5. The Morgan fingerprint density at radius 3 is 2.85 bits per heavy atom. The number of hydrogen-bond donors (Lipinski definition) is 1. The van der Waals surface area contributed by atoms with Gasteiger partial charge in [0.2, 0.25) is 0 Å². The van der Waals surface area contributed by atoms with Crippen LogP contribution in [-0.2, 0) is 19.5 Å². The zero-order chi connectivity index (χ0) is 14.1. The van der Waals surface area contributed by atoms with E-state index in [4.69, 9.17) is 17.3 Å². The molecule has 0 bridgehead atoms. The van der Waals surface area contributed by atoms with Crippen molar-refractivity contribution in [3.8, 4) is 0 Å². The third-order valence-corrected chi connectivity index (χ3v) is 4.23. The minimum atomic E-state index is -0.356. The number of hydrogen-bond acceptors (Lipinski definition) is 2. The number of nitrogens with two attached hydrogens (primary N) is 1. The SMILES string of the molecule is Nc1cccc2c1CCN(Cc1cccc(F)c1Cl)C2. The van der Waals surface area contributed by atoms with Crippen molar-refractivity contribution in [2.75, 3.05) is 12.3 Å². The van der Waals surface area contributed by atoms with Crippen LogP contribution in [0, 0.1) is 5.82 Å². The summed E-state index contributed by atoms with van der Waals surface area (Å²) >= 11 is 6.02. The Kier molecular flexibility index (Phi) is 3.64. The normalized spacial score (nSPS) is 15.1. The van der Waals surface area contributed by atoms with Crippen LogP contribution in [0.15, 0.2) is 36.4 Å². The van der Waals surface area contributed by atoms with E-state index in [1.165, 1.54) is 17.2 Å². The van der Waals surface area contributed by atoms with Gasteiger partial charge in [-0.25, -0.2) is 4.39 Å². The molecular formula is C16H16ClFN2. The van der Waals surface area contributed by atoms with Crippen molar-refractivity contribution in [3.63, 3.8) is 0 Å². The first kappa shape index (κ1) is 13.4. The number of nitrogen functional groups attached to an aromatic ring is 1. The predicted molar refractivity (Wildman–Crippen MR) is 80.1 cm³/mol. The lowest BCUT2D eigenvalue weighted by molar-refractivity contribution is 0.245. The number of nitrogens with zero attached hydrogens (tertiary/aromatic N) is 1. The molecule has 2 N–H and O–H groups in total. The summed E-state index contributed by atoms with van der Waals surface area (Å²) in [5.74, 6) is -0.356. The fraction of sp³-hybridized carbons (Fsp3) is 0.250. The van der Waals surface area contributed by atoms with Crippen molar-refractivity contribution in [2.24, 2.45) is 0 Å². The fourth-order valence-electron chi connectivity index (χ4n) is 2.74. The molecule has 4 heteroatoms. The van der Waals surface area contributed by atoms with Gasteiger partial charge in [0.05, 0.1) is 5.02 Å². The summed E-state index contributed by atoms with van der Waals surface area (Å²) in [5.41, 5.74) is 10.2. The Labute approximate surface area is 123 Å². The highest BCUT2D eigenvalue weighted by molar-refractivity contribution is 6.31. The Morgan fingerprint density at radius 1 is 1.20 bits per heavy atom. The Morgan fingerprint density at radius 2 is 2.00 bits per heavy atom. The smallest absolute Gasteiger partial charge is 0.142 e. The molecule has 1 heterocycles. The first-order valence-corrected chi connectivity index (χ1v) is 7.04. The first-order chi connectivity index (χ1) is 9.65. The van der Waals surface area contributed by atoms with Gasteiger partial charge in [-0.2, -0.15) is 0 Å². The van der Waals surface area contributed by atoms with Crippen molar-refractivity contribution in [1.29, 1.82) is 0 Å². The molecule has 0 radical (unpaired) electrons. The van der Waals surface area contributed by atoms with E-state index in [0.717, 1.165) is 30.8 Å². The molecule has 0 fully saturated rings. The zero-order valence-electron chi connectivity index (χ0n) is 11.1. The average molecular weight is 291 g/mol. The Balaban J connectivity index is 1.79. The zero-order valence-corrected chi connectivity index (χ0v) is 11.8. The Hall–Kier alpha value is -1.58. The minimum Gasteiger partial charge on any atom is -0.398 e. The maximum atomic E-state index is 13.5. The van der Waals surface area contributed by atoms with E-state index < -0.39 is 0 Å². The summed E-state index contributed by atoms with van der Waals surface area (Å²) in [6.45, 7) is 2.39. The molecule has 2 aromatic carbocycles. The largest absolute Gasteiger partial charge is 0.398 e. The van der Waals surface area contributed by atoms with Gasteiger partial charge in [-0.15, -0.1) is 0 Å². The van der Waals surface area contributed by atoms with Gasteiger partial charge in [-0.05, 0) is 35.2 Å². The maximum Gasteiger partial charge on any atom is 0.142 e. The molecule has 1 aliphatic heterocycles. The minimum absolute atomic E-state index is 0.228. The van der Waals surface area contributed by atoms with Gasteiger partial charge in [0.1, 0.15) is 5.82 Å². The lowest BCUT2D eigenvalue weighted by Gasteiger charge is -2.29. The van der Waals surface area contributed by atoms with Gasteiger partial charge in [0.15, 0.2) is 0 Å². The molecule has 0 saturated heterocycles. The van der Waals surface area contributed by atoms with Crippen LogP contribution < -0.4 is 5.73 Å². The molecule has 2 nitrogen and oxygen atoms in total. The summed E-state index contributed by atoms with van der Waals surface area (Å²) in [5, 5.41) is 0.228. The monoisotopic (exact) mass is 290 g/mol. The van der Waals surface area contributed by atoms with Crippen molar-refractivity contribution in [1.82, 2.24) is 4.90 Å². The van der Waals surface area contributed by atoms with Gasteiger partial charge < -0.3 is 5.73 Å². The third kappa shape index (κ3) is 2.51. The van der Waals surface area contributed by atoms with Crippen molar-refractivity contribution in [2.45, 2.75) is 19.5 Å². The van der Waals surface area contributed by atoms with E-state index in [1.807, 2.05) is 18.2 Å². The molecule has 3 rings (SSSR count). The quantitative estimate of drug-likeness (QED) is 0.856. The number of fused-ring (bicyclic) bond motifs is 1. The van der Waals surface area contributed by atoms with E-state index in [0.29, 0.717) is 6.54 Å². The second-order valence-electron chi connectivity index (χ2n) is 5.16. The summed E-state index contributed by atoms with van der Waals surface area (Å²) < 4.78 is 13.5. The molecule has 0 saturated carbocycles. The van der Waals surface area contributed by atoms with Gasteiger partial charge in [0, 0.05) is 25.3 Å². The highest BCUT2D eigenvalue weighted by Gasteiger charge is 2.19.